The van der Waals surface area contributed by atoms with Gasteiger partial charge in [-0.25, -0.2) is 0 Å². The van der Waals surface area contributed by atoms with E-state index >= 15 is 0 Å². The zero-order valence-corrected chi connectivity index (χ0v) is 15.1. The van der Waals surface area contributed by atoms with Crippen LogP contribution in [0.2, 0.25) is 0 Å². The van der Waals surface area contributed by atoms with Gasteiger partial charge in [-0.3, -0.25) is 4.90 Å². The first kappa shape index (κ1) is 17.2. The third kappa shape index (κ3) is 3.96. The molecular weight excluding hydrogens is 278 g/mol. The Bertz CT molecular complexity index is 629. The average molecular weight is 305 g/mol. The number of anilines is 2. The van der Waals surface area contributed by atoms with Crippen LogP contribution in [0.1, 0.15) is 52.7 Å². The van der Waals surface area contributed by atoms with Crippen molar-refractivity contribution in [1.29, 1.82) is 0 Å². The van der Waals surface area contributed by atoms with E-state index in [1.54, 1.807) is 0 Å². The lowest BCUT2D eigenvalue weighted by Gasteiger charge is -2.23. The SMILES string of the molecule is C#CN(c1ccc(C(C)(C)C)cc1)c1ccc(C(C)(C)C)cc1. The summed E-state index contributed by atoms with van der Waals surface area (Å²) < 4.78 is 0. The van der Waals surface area contributed by atoms with Crippen molar-refractivity contribution in [3.63, 3.8) is 0 Å². The van der Waals surface area contributed by atoms with Crippen LogP contribution in [0.15, 0.2) is 48.5 Å². The number of rotatable bonds is 2. The van der Waals surface area contributed by atoms with Crippen molar-refractivity contribution in [2.45, 2.75) is 52.4 Å². The van der Waals surface area contributed by atoms with E-state index in [4.69, 9.17) is 6.42 Å². The molecule has 0 unspecified atom stereocenters. The van der Waals surface area contributed by atoms with Crippen LogP contribution in [0.5, 0.6) is 0 Å². The smallest absolute Gasteiger partial charge is 0.0545 e. The highest BCUT2D eigenvalue weighted by molar-refractivity contribution is 5.68. The molecule has 2 aromatic rings. The van der Waals surface area contributed by atoms with E-state index in [1.807, 2.05) is 4.90 Å². The molecule has 0 saturated heterocycles. The summed E-state index contributed by atoms with van der Waals surface area (Å²) in [5.74, 6) is 0. The molecular formula is C22H27N. The van der Waals surface area contributed by atoms with E-state index in [0.29, 0.717) is 0 Å². The number of benzene rings is 2. The molecule has 0 amide bonds. The molecule has 0 N–H and O–H groups in total. The molecule has 0 saturated carbocycles. The van der Waals surface area contributed by atoms with E-state index in [0.717, 1.165) is 11.4 Å². The van der Waals surface area contributed by atoms with Gasteiger partial charge in [0.15, 0.2) is 0 Å². The standard InChI is InChI=1S/C22H27N/c1-8-23(19-13-9-17(10-14-19)21(2,3)4)20-15-11-18(12-16-20)22(5,6)7/h1,9-16H,2-7H3. The fourth-order valence-electron chi connectivity index (χ4n) is 2.52. The molecule has 0 atom stereocenters. The monoisotopic (exact) mass is 305 g/mol. The highest BCUT2D eigenvalue weighted by Gasteiger charge is 2.16. The van der Waals surface area contributed by atoms with Crippen LogP contribution in [0.25, 0.3) is 0 Å². The van der Waals surface area contributed by atoms with Crippen LogP contribution in [-0.2, 0) is 10.8 Å². The number of hydrogen-bond donors (Lipinski definition) is 0. The van der Waals surface area contributed by atoms with Gasteiger partial charge in [0.1, 0.15) is 0 Å². The first-order valence-corrected chi connectivity index (χ1v) is 8.10. The average Bonchev–Trinajstić information content (AvgIpc) is 2.47. The molecule has 120 valence electrons. The zero-order chi connectivity index (χ0) is 17.3. The highest BCUT2D eigenvalue weighted by atomic mass is 15.1. The molecule has 1 heteroatoms. The summed E-state index contributed by atoms with van der Waals surface area (Å²) in [6, 6.07) is 19.8. The second-order valence-corrected chi connectivity index (χ2v) is 8.06. The van der Waals surface area contributed by atoms with Crippen molar-refractivity contribution >= 4 is 11.4 Å². The maximum absolute atomic E-state index is 5.76. The summed E-state index contributed by atoms with van der Waals surface area (Å²) >= 11 is 0. The third-order valence-corrected chi connectivity index (χ3v) is 4.11. The van der Waals surface area contributed by atoms with E-state index in [2.05, 4.69) is 96.1 Å². The van der Waals surface area contributed by atoms with Crippen molar-refractivity contribution in [3.05, 3.63) is 59.7 Å². The van der Waals surface area contributed by atoms with Crippen LogP contribution in [-0.4, -0.2) is 0 Å². The predicted octanol–water partition coefficient (Wildman–Crippen LogP) is 6.01. The van der Waals surface area contributed by atoms with Crippen LogP contribution in [0, 0.1) is 12.5 Å². The van der Waals surface area contributed by atoms with E-state index < -0.39 is 0 Å². The third-order valence-electron chi connectivity index (χ3n) is 4.11. The fourth-order valence-corrected chi connectivity index (χ4v) is 2.52. The Morgan fingerprint density at radius 3 is 1.17 bits per heavy atom. The molecule has 0 spiro atoms. The number of hydrogen-bond acceptors (Lipinski definition) is 1. The van der Waals surface area contributed by atoms with Crippen molar-refractivity contribution in [1.82, 2.24) is 0 Å². The Balaban J connectivity index is 2.32. The summed E-state index contributed by atoms with van der Waals surface area (Å²) in [5.41, 5.74) is 4.94. The molecule has 0 aliphatic carbocycles. The van der Waals surface area contributed by atoms with Gasteiger partial charge < -0.3 is 0 Å². The van der Waals surface area contributed by atoms with Gasteiger partial charge in [-0.05, 0) is 46.2 Å². The highest BCUT2D eigenvalue weighted by Crippen LogP contribution is 2.30. The Morgan fingerprint density at radius 1 is 0.652 bits per heavy atom. The zero-order valence-electron chi connectivity index (χ0n) is 15.1. The van der Waals surface area contributed by atoms with Gasteiger partial charge in [-0.2, -0.15) is 0 Å². The second kappa shape index (κ2) is 6.13. The minimum atomic E-state index is 0.147. The van der Waals surface area contributed by atoms with E-state index in [1.165, 1.54) is 11.1 Å². The first-order valence-electron chi connectivity index (χ1n) is 8.10. The van der Waals surface area contributed by atoms with Gasteiger partial charge in [0.25, 0.3) is 0 Å². The van der Waals surface area contributed by atoms with Gasteiger partial charge in [0, 0.05) is 6.04 Å². The Kier molecular flexibility index (Phi) is 4.57. The summed E-state index contributed by atoms with van der Waals surface area (Å²) in [6.45, 7) is 13.3. The quantitative estimate of drug-likeness (QED) is 0.485. The molecule has 0 aromatic heterocycles. The number of nitrogens with zero attached hydrogens (tertiary/aromatic N) is 1. The molecule has 0 radical (unpaired) electrons. The predicted molar refractivity (Wildman–Crippen MR) is 101 cm³/mol. The van der Waals surface area contributed by atoms with Crippen molar-refractivity contribution in [2.75, 3.05) is 4.90 Å². The lowest BCUT2D eigenvalue weighted by atomic mass is 9.87. The normalized spacial score (nSPS) is 11.9. The Morgan fingerprint density at radius 2 is 0.957 bits per heavy atom. The second-order valence-electron chi connectivity index (χ2n) is 8.06. The molecule has 0 fully saturated rings. The molecule has 23 heavy (non-hydrogen) atoms. The van der Waals surface area contributed by atoms with Crippen LogP contribution in [0.3, 0.4) is 0 Å². The van der Waals surface area contributed by atoms with E-state index in [-0.39, 0.29) is 10.8 Å². The van der Waals surface area contributed by atoms with Crippen LogP contribution < -0.4 is 4.90 Å². The number of terminal acetylenes is 1. The maximum Gasteiger partial charge on any atom is 0.0545 e. The minimum Gasteiger partial charge on any atom is -0.270 e. The Hall–Kier alpha value is -2.20. The molecule has 0 bridgehead atoms. The van der Waals surface area contributed by atoms with Gasteiger partial charge >= 0.3 is 0 Å². The van der Waals surface area contributed by atoms with Gasteiger partial charge in [0.05, 0.1) is 11.4 Å². The first-order chi connectivity index (χ1) is 10.6. The van der Waals surface area contributed by atoms with Crippen LogP contribution in [0.4, 0.5) is 11.4 Å². The fraction of sp³-hybridized carbons (Fsp3) is 0.364. The van der Waals surface area contributed by atoms with Crippen LogP contribution >= 0.6 is 0 Å². The van der Waals surface area contributed by atoms with Crippen molar-refractivity contribution in [3.8, 4) is 12.5 Å². The van der Waals surface area contributed by atoms with Crippen molar-refractivity contribution in [2.24, 2.45) is 0 Å². The van der Waals surface area contributed by atoms with Gasteiger partial charge in [-0.1, -0.05) is 72.2 Å². The lowest BCUT2D eigenvalue weighted by molar-refractivity contribution is 0.590. The van der Waals surface area contributed by atoms with E-state index in [9.17, 15) is 0 Å². The van der Waals surface area contributed by atoms with Crippen molar-refractivity contribution < 1.29 is 0 Å². The van der Waals surface area contributed by atoms with Gasteiger partial charge in [0.2, 0.25) is 0 Å². The molecule has 2 rings (SSSR count). The largest absolute Gasteiger partial charge is 0.270 e. The molecule has 0 aliphatic rings. The summed E-state index contributed by atoms with van der Waals surface area (Å²) in [7, 11) is 0. The lowest BCUT2D eigenvalue weighted by Crippen LogP contribution is -2.13. The summed E-state index contributed by atoms with van der Waals surface area (Å²) in [6.07, 6.45) is 5.76. The minimum absolute atomic E-state index is 0.147. The molecule has 0 aliphatic heterocycles. The summed E-state index contributed by atoms with van der Waals surface area (Å²) in [4.78, 5) is 1.89. The maximum atomic E-state index is 5.76. The Labute approximate surface area is 141 Å². The topological polar surface area (TPSA) is 3.24 Å². The van der Waals surface area contributed by atoms with Gasteiger partial charge in [-0.15, -0.1) is 0 Å². The molecule has 2 aromatic carbocycles. The molecule has 0 heterocycles. The molecule has 1 nitrogen and oxygen atoms in total. The summed E-state index contributed by atoms with van der Waals surface area (Å²) in [5, 5.41) is 0.